The molecule has 7 nitrogen and oxygen atoms in total. The molecule has 0 bridgehead atoms. The molecule has 33 heavy (non-hydrogen) atoms. The molecule has 1 spiro atoms. The summed E-state index contributed by atoms with van der Waals surface area (Å²) in [5, 5.41) is 11.0. The van der Waals surface area contributed by atoms with Gasteiger partial charge in [-0.1, -0.05) is 35.9 Å². The number of hydrogen-bond donors (Lipinski definition) is 2. The molecule has 8 heteroatoms. The van der Waals surface area contributed by atoms with Gasteiger partial charge in [-0.25, -0.2) is 24.1 Å². The van der Waals surface area contributed by atoms with Gasteiger partial charge in [0.25, 0.3) is 0 Å². The molecule has 3 atom stereocenters. The van der Waals surface area contributed by atoms with Gasteiger partial charge in [0.2, 0.25) is 17.4 Å². The van der Waals surface area contributed by atoms with E-state index in [0.29, 0.717) is 35.3 Å². The number of aliphatic hydroxyl groups excluding tert-OH is 1. The molecule has 0 aliphatic carbocycles. The first-order valence-corrected chi connectivity index (χ1v) is 10.8. The lowest BCUT2D eigenvalue weighted by molar-refractivity contribution is -0.193. The Bertz CT molecular complexity index is 1170. The number of aliphatic hydroxyl groups is 1. The largest absolute Gasteiger partial charge is 0.489 e. The summed E-state index contributed by atoms with van der Waals surface area (Å²) in [6, 6.07) is 10.1. The number of benzene rings is 2. The highest BCUT2D eigenvalue weighted by Gasteiger charge is 2.50. The predicted molar refractivity (Wildman–Crippen MR) is 124 cm³/mol. The van der Waals surface area contributed by atoms with Crippen molar-refractivity contribution in [3.63, 3.8) is 0 Å². The molecule has 172 valence electrons. The van der Waals surface area contributed by atoms with E-state index in [1.807, 2.05) is 13.8 Å². The van der Waals surface area contributed by atoms with Crippen molar-refractivity contribution in [2.75, 3.05) is 13.7 Å². The standard InChI is InChI=1S/C25H27FN4O3/c1-15(2)12-17(10-11-31)22-14-25(29-24(27)30(4)33-25)19-13-16(8-9-21(19)32-22)18-6-5-7-20(28-3)23(18)26/h5-9,12-13,17,22,31H,10-11,14H2,1-2,4H3,(H2,27,29). The molecule has 2 aromatic rings. The Kier molecular flexibility index (Phi) is 6.11. The first-order chi connectivity index (χ1) is 15.8. The summed E-state index contributed by atoms with van der Waals surface area (Å²) >= 11 is 0. The highest BCUT2D eigenvalue weighted by atomic mass is 19.1. The number of rotatable bonds is 5. The number of ether oxygens (including phenoxy) is 1. The first kappa shape index (κ1) is 22.8. The van der Waals surface area contributed by atoms with Crippen LogP contribution in [0.3, 0.4) is 0 Å². The van der Waals surface area contributed by atoms with Crippen molar-refractivity contribution in [3.05, 3.63) is 70.8 Å². The third-order valence-corrected chi connectivity index (χ3v) is 5.96. The van der Waals surface area contributed by atoms with E-state index in [1.54, 1.807) is 37.4 Å². The lowest BCUT2D eigenvalue weighted by Gasteiger charge is -2.39. The fraction of sp³-hybridized carbons (Fsp3) is 0.360. The number of fused-ring (bicyclic) bond motifs is 2. The van der Waals surface area contributed by atoms with Crippen LogP contribution in [0.15, 0.2) is 53.0 Å². The van der Waals surface area contributed by atoms with Crippen LogP contribution in [0.5, 0.6) is 5.75 Å². The summed E-state index contributed by atoms with van der Waals surface area (Å²) < 4.78 is 21.3. The van der Waals surface area contributed by atoms with Crippen molar-refractivity contribution in [1.29, 1.82) is 0 Å². The number of hydroxylamine groups is 2. The Morgan fingerprint density at radius 1 is 1.42 bits per heavy atom. The highest BCUT2D eigenvalue weighted by Crippen LogP contribution is 2.49. The molecule has 0 saturated carbocycles. The van der Waals surface area contributed by atoms with Crippen LogP contribution in [0.25, 0.3) is 16.0 Å². The van der Waals surface area contributed by atoms with Gasteiger partial charge < -0.3 is 15.6 Å². The van der Waals surface area contributed by atoms with Gasteiger partial charge in [0, 0.05) is 31.6 Å². The molecule has 3 unspecified atom stereocenters. The lowest BCUT2D eigenvalue weighted by Crippen LogP contribution is -2.42. The van der Waals surface area contributed by atoms with Gasteiger partial charge in [-0.3, -0.25) is 0 Å². The third kappa shape index (κ3) is 4.17. The molecule has 4 rings (SSSR count). The van der Waals surface area contributed by atoms with Crippen molar-refractivity contribution >= 4 is 11.6 Å². The highest BCUT2D eigenvalue weighted by molar-refractivity contribution is 5.79. The summed E-state index contributed by atoms with van der Waals surface area (Å²) in [4.78, 5) is 14.1. The molecular weight excluding hydrogens is 423 g/mol. The van der Waals surface area contributed by atoms with Crippen LogP contribution < -0.4 is 10.5 Å². The van der Waals surface area contributed by atoms with E-state index in [2.05, 4.69) is 15.9 Å². The SMILES string of the molecule is [C-]#[N+]c1cccc(-c2ccc3c(c2)C2(CC(C(C=C(C)C)CCO)O3)N=C(N)N(C)O2)c1F. The molecule has 3 N–H and O–H groups in total. The quantitative estimate of drug-likeness (QED) is 0.517. The van der Waals surface area contributed by atoms with Gasteiger partial charge in [-0.05, 0) is 38.0 Å². The zero-order valence-corrected chi connectivity index (χ0v) is 18.9. The van der Waals surface area contributed by atoms with E-state index in [0.717, 1.165) is 5.57 Å². The summed E-state index contributed by atoms with van der Waals surface area (Å²) in [7, 11) is 1.68. The Morgan fingerprint density at radius 3 is 2.85 bits per heavy atom. The van der Waals surface area contributed by atoms with E-state index < -0.39 is 11.5 Å². The number of hydrogen-bond acceptors (Lipinski definition) is 6. The average Bonchev–Trinajstić information content (AvgIpc) is 3.06. The maximum Gasteiger partial charge on any atom is 0.222 e. The van der Waals surface area contributed by atoms with Gasteiger partial charge in [-0.15, -0.1) is 0 Å². The molecule has 2 aliphatic rings. The maximum absolute atomic E-state index is 14.9. The Hall–Kier alpha value is -3.41. The third-order valence-electron chi connectivity index (χ3n) is 5.96. The van der Waals surface area contributed by atoms with Crippen LogP contribution in [0.4, 0.5) is 10.1 Å². The van der Waals surface area contributed by atoms with Crippen molar-refractivity contribution in [3.8, 4) is 16.9 Å². The maximum atomic E-state index is 14.9. The van der Waals surface area contributed by atoms with Crippen molar-refractivity contribution in [1.82, 2.24) is 5.06 Å². The second-order valence-electron chi connectivity index (χ2n) is 8.59. The van der Waals surface area contributed by atoms with E-state index in [9.17, 15) is 9.50 Å². The van der Waals surface area contributed by atoms with Crippen molar-refractivity contribution < 1.29 is 19.1 Å². The van der Waals surface area contributed by atoms with E-state index in [4.69, 9.17) is 21.9 Å². The monoisotopic (exact) mass is 450 g/mol. The number of halogens is 1. The van der Waals surface area contributed by atoms with E-state index in [-0.39, 0.29) is 30.3 Å². The zero-order valence-electron chi connectivity index (χ0n) is 18.9. The molecule has 0 aromatic heterocycles. The van der Waals surface area contributed by atoms with Crippen LogP contribution in [0.1, 0.15) is 32.3 Å². The minimum absolute atomic E-state index is 0.0237. The number of guanidine groups is 1. The molecule has 0 fully saturated rings. The molecule has 0 amide bonds. The van der Waals surface area contributed by atoms with Crippen LogP contribution in [-0.2, 0) is 10.6 Å². The summed E-state index contributed by atoms with van der Waals surface area (Å²) in [6.45, 7) is 11.2. The molecule has 2 aliphatic heterocycles. The summed E-state index contributed by atoms with van der Waals surface area (Å²) in [5.41, 5.74) is 7.56. The van der Waals surface area contributed by atoms with Crippen LogP contribution in [-0.4, -0.2) is 35.9 Å². The van der Waals surface area contributed by atoms with Crippen LogP contribution in [0, 0.1) is 18.3 Å². The normalized spacial score (nSPS) is 22.2. The lowest BCUT2D eigenvalue weighted by atomic mass is 9.84. The number of nitrogens with two attached hydrogens (primary N) is 1. The minimum atomic E-state index is -1.13. The molecule has 2 heterocycles. The summed E-state index contributed by atoms with van der Waals surface area (Å²) in [5.74, 6) is 0.168. The fourth-order valence-electron chi connectivity index (χ4n) is 4.46. The Morgan fingerprint density at radius 2 is 2.21 bits per heavy atom. The number of allylic oxidation sites excluding steroid dienone is 1. The molecular formula is C25H27FN4O3. The topological polar surface area (TPSA) is 84.7 Å². The zero-order chi connectivity index (χ0) is 23.8. The summed E-state index contributed by atoms with van der Waals surface area (Å²) in [6.07, 6.45) is 2.68. The van der Waals surface area contributed by atoms with Crippen molar-refractivity contribution in [2.45, 2.75) is 38.5 Å². The van der Waals surface area contributed by atoms with Gasteiger partial charge >= 0.3 is 0 Å². The van der Waals surface area contributed by atoms with E-state index >= 15 is 0 Å². The van der Waals surface area contributed by atoms with Crippen molar-refractivity contribution in [2.24, 2.45) is 16.6 Å². The van der Waals surface area contributed by atoms with Crippen LogP contribution in [0.2, 0.25) is 0 Å². The Labute approximate surface area is 192 Å². The van der Waals surface area contributed by atoms with Gasteiger partial charge in [0.1, 0.15) is 17.7 Å². The fourth-order valence-corrected chi connectivity index (χ4v) is 4.46. The molecule has 0 saturated heterocycles. The first-order valence-electron chi connectivity index (χ1n) is 10.8. The minimum Gasteiger partial charge on any atom is -0.489 e. The van der Waals surface area contributed by atoms with Crippen LogP contribution >= 0.6 is 0 Å². The average molecular weight is 451 g/mol. The number of aliphatic imine (C=N–C) groups is 1. The second-order valence-corrected chi connectivity index (χ2v) is 8.59. The molecule has 2 aromatic carbocycles. The van der Waals surface area contributed by atoms with Gasteiger partial charge in [0.15, 0.2) is 0 Å². The predicted octanol–water partition coefficient (Wildman–Crippen LogP) is 4.50. The van der Waals surface area contributed by atoms with E-state index in [1.165, 1.54) is 11.1 Å². The smallest absolute Gasteiger partial charge is 0.222 e. The van der Waals surface area contributed by atoms with Gasteiger partial charge in [0.05, 0.1) is 12.1 Å². The Balaban J connectivity index is 1.83. The number of nitrogens with zero attached hydrogens (tertiary/aromatic N) is 3. The second kappa shape index (κ2) is 8.85. The molecule has 0 radical (unpaired) electrons. The van der Waals surface area contributed by atoms with Gasteiger partial charge in [-0.2, -0.15) is 0 Å².